The molecule has 9 nitrogen and oxygen atoms in total. The topological polar surface area (TPSA) is 113 Å². The van der Waals surface area contributed by atoms with Gasteiger partial charge in [0, 0.05) is 49.3 Å². The molecule has 1 aliphatic heterocycles. The molecule has 0 saturated carbocycles. The predicted octanol–water partition coefficient (Wildman–Crippen LogP) is 3.81. The van der Waals surface area contributed by atoms with Crippen LogP contribution < -0.4 is 10.2 Å². The van der Waals surface area contributed by atoms with E-state index >= 15 is 0 Å². The first-order valence-corrected chi connectivity index (χ1v) is 11.0. The lowest BCUT2D eigenvalue weighted by molar-refractivity contribution is 0.0698. The summed E-state index contributed by atoms with van der Waals surface area (Å²) in [6, 6.07) is 11.1. The van der Waals surface area contributed by atoms with Crippen LogP contribution in [-0.2, 0) is 4.74 Å². The molecule has 3 heterocycles. The van der Waals surface area contributed by atoms with E-state index in [1.807, 2.05) is 48.2 Å². The number of anilines is 3. The van der Waals surface area contributed by atoms with Gasteiger partial charge in [-0.05, 0) is 31.2 Å². The minimum Gasteiger partial charge on any atom is -0.477 e. The molecule has 1 aromatic carbocycles. The van der Waals surface area contributed by atoms with E-state index in [0.717, 1.165) is 11.3 Å². The number of carboxylic acids is 1. The first kappa shape index (κ1) is 23.1. The number of nitrogens with zero attached hydrogens (tertiary/aromatic N) is 5. The Morgan fingerprint density at radius 2 is 1.94 bits per heavy atom. The lowest BCUT2D eigenvalue weighted by Crippen LogP contribution is -2.37. The highest BCUT2D eigenvalue weighted by molar-refractivity contribution is 6.09. The van der Waals surface area contributed by atoms with Crippen LogP contribution in [0.2, 0.25) is 0 Å². The monoisotopic (exact) mass is 458 g/mol. The second-order valence-corrected chi connectivity index (χ2v) is 7.55. The van der Waals surface area contributed by atoms with Gasteiger partial charge in [0.25, 0.3) is 0 Å². The number of aromatic carboxylic acids is 1. The van der Waals surface area contributed by atoms with Crippen LogP contribution in [0.25, 0.3) is 11.3 Å². The van der Waals surface area contributed by atoms with Gasteiger partial charge in [0.1, 0.15) is 5.56 Å². The molecule has 1 aliphatic rings. The van der Waals surface area contributed by atoms with Gasteiger partial charge in [-0.1, -0.05) is 24.3 Å². The fourth-order valence-electron chi connectivity index (χ4n) is 3.71. The van der Waals surface area contributed by atoms with Gasteiger partial charge in [0.05, 0.1) is 24.6 Å². The summed E-state index contributed by atoms with van der Waals surface area (Å²) in [7, 11) is 1.72. The highest BCUT2D eigenvalue weighted by Gasteiger charge is 2.25. The van der Waals surface area contributed by atoms with Gasteiger partial charge < -0.3 is 20.1 Å². The van der Waals surface area contributed by atoms with Crippen molar-refractivity contribution < 1.29 is 14.6 Å². The number of aliphatic imine (C=N–C) groups is 1. The summed E-state index contributed by atoms with van der Waals surface area (Å²) in [4.78, 5) is 32.2. The molecule has 0 atom stereocenters. The number of aromatic nitrogens is 3. The number of pyridine rings is 1. The van der Waals surface area contributed by atoms with Crippen molar-refractivity contribution in [1.82, 2.24) is 15.0 Å². The van der Waals surface area contributed by atoms with Gasteiger partial charge in [-0.15, -0.1) is 0 Å². The molecule has 0 radical (unpaired) electrons. The number of carboxylic acid groups (broad SMARTS) is 1. The second kappa shape index (κ2) is 10.7. The van der Waals surface area contributed by atoms with E-state index in [2.05, 4.69) is 20.3 Å². The average Bonchev–Trinajstić information content (AvgIpc) is 2.88. The number of allylic oxidation sites excluding steroid dienone is 2. The number of ether oxygens (including phenoxy) is 1. The van der Waals surface area contributed by atoms with E-state index in [1.165, 1.54) is 0 Å². The highest BCUT2D eigenvalue weighted by Crippen LogP contribution is 2.31. The molecule has 1 fully saturated rings. The predicted molar refractivity (Wildman–Crippen MR) is 132 cm³/mol. The molecular weight excluding hydrogens is 432 g/mol. The maximum absolute atomic E-state index is 12.5. The van der Waals surface area contributed by atoms with Crippen LogP contribution in [-0.4, -0.2) is 65.1 Å². The summed E-state index contributed by atoms with van der Waals surface area (Å²) in [6.45, 7) is 4.28. The first-order valence-electron chi connectivity index (χ1n) is 11.0. The third-order valence-corrected chi connectivity index (χ3v) is 5.35. The standard InChI is InChI=1S/C25H26N6O3/c1-3-5-20(26-2)17-6-4-7-18(16-17)22-21(24(32)33)23(28-19-8-10-27-11-9-19)30-25(29-22)31-12-14-34-15-13-31/h3-11,16H,12-15H2,1-2H3,(H,32,33)(H,27,28,29,30)/b5-3-,26-20?. The molecule has 9 heteroatoms. The van der Waals surface area contributed by atoms with Crippen LogP contribution in [0, 0.1) is 0 Å². The Kier molecular flexibility index (Phi) is 7.24. The summed E-state index contributed by atoms with van der Waals surface area (Å²) >= 11 is 0. The lowest BCUT2D eigenvalue weighted by Gasteiger charge is -2.28. The maximum atomic E-state index is 12.5. The molecular formula is C25H26N6O3. The Morgan fingerprint density at radius 3 is 2.62 bits per heavy atom. The maximum Gasteiger partial charge on any atom is 0.341 e. The van der Waals surface area contributed by atoms with Crippen LogP contribution in [0.3, 0.4) is 0 Å². The molecule has 1 saturated heterocycles. The fraction of sp³-hybridized carbons (Fsp3) is 0.240. The summed E-state index contributed by atoms with van der Waals surface area (Å²) in [5.41, 5.74) is 3.32. The number of benzene rings is 1. The van der Waals surface area contributed by atoms with E-state index in [9.17, 15) is 9.90 Å². The smallest absolute Gasteiger partial charge is 0.341 e. The van der Waals surface area contributed by atoms with Crippen molar-refractivity contribution in [2.24, 2.45) is 4.99 Å². The van der Waals surface area contributed by atoms with Gasteiger partial charge in [0.2, 0.25) is 5.95 Å². The Bertz CT molecular complexity index is 1220. The zero-order valence-corrected chi connectivity index (χ0v) is 19.1. The summed E-state index contributed by atoms with van der Waals surface area (Å²) in [5, 5.41) is 13.3. The normalized spacial score (nSPS) is 14.4. The van der Waals surface area contributed by atoms with Gasteiger partial charge >= 0.3 is 5.97 Å². The molecule has 4 rings (SSSR count). The van der Waals surface area contributed by atoms with E-state index in [-0.39, 0.29) is 11.4 Å². The number of hydrogen-bond acceptors (Lipinski definition) is 8. The SMILES string of the molecule is C/C=C\C(=NC)c1cccc(-c2nc(N3CCOCC3)nc(Nc3ccncc3)c2C(=O)O)c1. The minimum atomic E-state index is -1.12. The van der Waals surface area contributed by atoms with Crippen molar-refractivity contribution in [2.45, 2.75) is 6.92 Å². The molecule has 0 bridgehead atoms. The third kappa shape index (κ3) is 5.10. The highest BCUT2D eigenvalue weighted by atomic mass is 16.5. The molecule has 0 spiro atoms. The van der Waals surface area contributed by atoms with E-state index < -0.39 is 5.97 Å². The van der Waals surface area contributed by atoms with Crippen LogP contribution in [0.4, 0.5) is 17.5 Å². The van der Waals surface area contributed by atoms with E-state index in [4.69, 9.17) is 9.72 Å². The Balaban J connectivity index is 1.90. The van der Waals surface area contributed by atoms with Crippen molar-refractivity contribution in [3.05, 3.63) is 72.1 Å². The minimum absolute atomic E-state index is 0.00741. The van der Waals surface area contributed by atoms with Crippen LogP contribution in [0.1, 0.15) is 22.8 Å². The van der Waals surface area contributed by atoms with Crippen molar-refractivity contribution in [2.75, 3.05) is 43.6 Å². The zero-order valence-electron chi connectivity index (χ0n) is 19.1. The summed E-state index contributed by atoms with van der Waals surface area (Å²) < 4.78 is 5.47. The van der Waals surface area contributed by atoms with Gasteiger partial charge in [-0.3, -0.25) is 9.98 Å². The quantitative estimate of drug-likeness (QED) is 0.514. The number of carbonyl (C=O) groups is 1. The molecule has 0 aliphatic carbocycles. The van der Waals surface area contributed by atoms with Crippen LogP contribution >= 0.6 is 0 Å². The lowest BCUT2D eigenvalue weighted by atomic mass is 10.0. The molecule has 0 amide bonds. The van der Waals surface area contributed by atoms with E-state index in [0.29, 0.717) is 49.2 Å². The van der Waals surface area contributed by atoms with E-state index in [1.54, 1.807) is 31.6 Å². The fourth-order valence-corrected chi connectivity index (χ4v) is 3.71. The first-order chi connectivity index (χ1) is 16.6. The Labute approximate surface area is 197 Å². The van der Waals surface area contributed by atoms with Gasteiger partial charge in [-0.25, -0.2) is 9.78 Å². The largest absolute Gasteiger partial charge is 0.477 e. The van der Waals surface area contributed by atoms with Crippen molar-refractivity contribution in [3.8, 4) is 11.3 Å². The Morgan fingerprint density at radius 1 is 1.18 bits per heavy atom. The Hall–Kier alpha value is -4.11. The number of nitrogens with one attached hydrogen (secondary N) is 1. The number of morpholine rings is 1. The van der Waals surface area contributed by atoms with Crippen LogP contribution in [0.15, 0.2) is 65.9 Å². The number of rotatable bonds is 7. The molecule has 2 N–H and O–H groups in total. The third-order valence-electron chi connectivity index (χ3n) is 5.35. The van der Waals surface area contributed by atoms with Crippen molar-refractivity contribution in [3.63, 3.8) is 0 Å². The molecule has 174 valence electrons. The molecule has 2 aromatic heterocycles. The molecule has 0 unspecified atom stereocenters. The zero-order chi connectivity index (χ0) is 23.9. The van der Waals surface area contributed by atoms with Crippen molar-refractivity contribution in [1.29, 1.82) is 0 Å². The average molecular weight is 459 g/mol. The molecule has 3 aromatic rings. The second-order valence-electron chi connectivity index (χ2n) is 7.55. The number of hydrogen-bond donors (Lipinski definition) is 2. The van der Waals surface area contributed by atoms with Crippen molar-refractivity contribution >= 4 is 29.1 Å². The van der Waals surface area contributed by atoms with Gasteiger partial charge in [-0.2, -0.15) is 4.98 Å². The molecule has 34 heavy (non-hydrogen) atoms. The summed E-state index contributed by atoms with van der Waals surface area (Å²) in [5.74, 6) is -0.458. The van der Waals surface area contributed by atoms with Gasteiger partial charge in [0.15, 0.2) is 5.82 Å². The summed E-state index contributed by atoms with van der Waals surface area (Å²) in [6.07, 6.45) is 7.08. The van der Waals surface area contributed by atoms with Crippen LogP contribution in [0.5, 0.6) is 0 Å².